The standard InChI is InChI=1S/C19H22IN3O/c1-13-7-9-23(10-8-13)18-6-5-16(21)12-17(18)22-19(24)14-3-2-4-15(20)11-14/h2-6,11-13H,7-10,21H2,1H3,(H,22,24). The third-order valence-electron chi connectivity index (χ3n) is 4.48. The second-order valence-electron chi connectivity index (χ2n) is 6.41. The number of halogens is 1. The number of hydrogen-bond acceptors (Lipinski definition) is 3. The lowest BCUT2D eigenvalue weighted by atomic mass is 9.98. The van der Waals surface area contributed by atoms with E-state index in [0.717, 1.165) is 34.0 Å². The Hall–Kier alpha value is -1.76. The topological polar surface area (TPSA) is 58.4 Å². The van der Waals surface area contributed by atoms with Crippen LogP contribution in [0.5, 0.6) is 0 Å². The number of hydrogen-bond donors (Lipinski definition) is 2. The second-order valence-corrected chi connectivity index (χ2v) is 7.66. The molecule has 126 valence electrons. The van der Waals surface area contributed by atoms with Gasteiger partial charge in [0, 0.05) is 27.9 Å². The van der Waals surface area contributed by atoms with E-state index in [1.807, 2.05) is 42.5 Å². The van der Waals surface area contributed by atoms with Gasteiger partial charge in [0.1, 0.15) is 0 Å². The SMILES string of the molecule is CC1CCN(c2ccc(N)cc2NC(=O)c2cccc(I)c2)CC1. The first-order chi connectivity index (χ1) is 11.5. The molecule has 5 heteroatoms. The molecule has 0 saturated carbocycles. The Bertz CT molecular complexity index is 739. The van der Waals surface area contributed by atoms with Gasteiger partial charge in [0.15, 0.2) is 0 Å². The van der Waals surface area contributed by atoms with E-state index in [4.69, 9.17) is 5.73 Å². The van der Waals surface area contributed by atoms with Crippen LogP contribution in [-0.2, 0) is 0 Å². The van der Waals surface area contributed by atoms with Gasteiger partial charge in [-0.3, -0.25) is 4.79 Å². The zero-order valence-electron chi connectivity index (χ0n) is 13.8. The lowest BCUT2D eigenvalue weighted by Crippen LogP contribution is -2.33. The molecule has 1 heterocycles. The number of benzene rings is 2. The van der Waals surface area contributed by atoms with Crippen molar-refractivity contribution < 1.29 is 4.79 Å². The highest BCUT2D eigenvalue weighted by molar-refractivity contribution is 14.1. The van der Waals surface area contributed by atoms with Gasteiger partial charge in [-0.1, -0.05) is 13.0 Å². The number of carbonyl (C=O) groups is 1. The van der Waals surface area contributed by atoms with E-state index in [2.05, 4.69) is 39.7 Å². The molecular formula is C19H22IN3O. The van der Waals surface area contributed by atoms with E-state index in [9.17, 15) is 4.79 Å². The summed E-state index contributed by atoms with van der Waals surface area (Å²) in [6.07, 6.45) is 2.35. The first kappa shape index (κ1) is 17.1. The molecule has 1 amide bonds. The molecule has 0 bridgehead atoms. The Kier molecular flexibility index (Phi) is 5.28. The summed E-state index contributed by atoms with van der Waals surface area (Å²) in [7, 11) is 0. The second kappa shape index (κ2) is 7.42. The Labute approximate surface area is 156 Å². The Morgan fingerprint density at radius 3 is 2.67 bits per heavy atom. The largest absolute Gasteiger partial charge is 0.399 e. The van der Waals surface area contributed by atoms with E-state index in [0.29, 0.717) is 11.3 Å². The predicted octanol–water partition coefficient (Wildman–Crippen LogP) is 4.36. The molecule has 3 N–H and O–H groups in total. The maximum absolute atomic E-state index is 12.6. The fraction of sp³-hybridized carbons (Fsp3) is 0.316. The van der Waals surface area contributed by atoms with E-state index in [1.165, 1.54) is 12.8 Å². The molecule has 0 atom stereocenters. The molecule has 3 rings (SSSR count). The molecule has 0 unspecified atom stereocenters. The van der Waals surface area contributed by atoms with Gasteiger partial charge in [0.2, 0.25) is 0 Å². The fourth-order valence-corrected chi connectivity index (χ4v) is 3.55. The van der Waals surface area contributed by atoms with Crippen molar-refractivity contribution in [3.05, 3.63) is 51.6 Å². The fourth-order valence-electron chi connectivity index (χ4n) is 3.00. The van der Waals surface area contributed by atoms with Crippen molar-refractivity contribution in [2.45, 2.75) is 19.8 Å². The van der Waals surface area contributed by atoms with Crippen molar-refractivity contribution in [2.75, 3.05) is 29.0 Å². The number of rotatable bonds is 3. The molecule has 2 aromatic carbocycles. The zero-order chi connectivity index (χ0) is 17.1. The molecule has 1 fully saturated rings. The van der Waals surface area contributed by atoms with Gasteiger partial charge in [-0.15, -0.1) is 0 Å². The summed E-state index contributed by atoms with van der Waals surface area (Å²) in [5.41, 5.74) is 9.09. The van der Waals surface area contributed by atoms with Crippen molar-refractivity contribution >= 4 is 45.6 Å². The van der Waals surface area contributed by atoms with Crippen LogP contribution in [0.3, 0.4) is 0 Å². The Morgan fingerprint density at radius 2 is 1.96 bits per heavy atom. The van der Waals surface area contributed by atoms with Crippen molar-refractivity contribution in [3.8, 4) is 0 Å². The molecule has 4 nitrogen and oxygen atoms in total. The molecule has 0 aliphatic carbocycles. The summed E-state index contributed by atoms with van der Waals surface area (Å²) in [6, 6.07) is 13.3. The van der Waals surface area contributed by atoms with Crippen molar-refractivity contribution in [3.63, 3.8) is 0 Å². The van der Waals surface area contributed by atoms with Crippen LogP contribution < -0.4 is 16.0 Å². The summed E-state index contributed by atoms with van der Waals surface area (Å²) in [4.78, 5) is 14.9. The van der Waals surface area contributed by atoms with Gasteiger partial charge in [-0.05, 0) is 77.7 Å². The summed E-state index contributed by atoms with van der Waals surface area (Å²) in [5.74, 6) is 0.658. The summed E-state index contributed by atoms with van der Waals surface area (Å²) < 4.78 is 1.04. The number of piperidine rings is 1. The van der Waals surface area contributed by atoms with Gasteiger partial charge in [-0.2, -0.15) is 0 Å². The van der Waals surface area contributed by atoms with E-state index >= 15 is 0 Å². The number of nitrogens with zero attached hydrogens (tertiary/aromatic N) is 1. The third kappa shape index (κ3) is 4.01. The summed E-state index contributed by atoms with van der Waals surface area (Å²) in [6.45, 7) is 4.31. The highest BCUT2D eigenvalue weighted by atomic mass is 127. The van der Waals surface area contributed by atoms with Gasteiger partial charge in [-0.25, -0.2) is 0 Å². The van der Waals surface area contributed by atoms with Gasteiger partial charge in [0.05, 0.1) is 11.4 Å². The van der Waals surface area contributed by atoms with Crippen LogP contribution in [0.2, 0.25) is 0 Å². The number of amides is 1. The van der Waals surface area contributed by atoms with Gasteiger partial charge in [0.25, 0.3) is 5.91 Å². The quantitative estimate of drug-likeness (QED) is 0.557. The minimum atomic E-state index is -0.106. The smallest absolute Gasteiger partial charge is 0.255 e. The van der Waals surface area contributed by atoms with E-state index < -0.39 is 0 Å². The molecular weight excluding hydrogens is 413 g/mol. The summed E-state index contributed by atoms with van der Waals surface area (Å²) in [5, 5.41) is 3.04. The van der Waals surface area contributed by atoms with Crippen LogP contribution in [0.1, 0.15) is 30.1 Å². The summed E-state index contributed by atoms with van der Waals surface area (Å²) >= 11 is 2.21. The van der Waals surface area contributed by atoms with Crippen LogP contribution in [0.4, 0.5) is 17.1 Å². The first-order valence-electron chi connectivity index (χ1n) is 8.24. The maximum atomic E-state index is 12.6. The molecule has 1 aliphatic rings. The first-order valence-corrected chi connectivity index (χ1v) is 9.32. The van der Waals surface area contributed by atoms with Crippen LogP contribution in [0.25, 0.3) is 0 Å². The zero-order valence-corrected chi connectivity index (χ0v) is 15.9. The number of nitrogens with one attached hydrogen (secondary N) is 1. The lowest BCUT2D eigenvalue weighted by molar-refractivity contribution is 0.102. The van der Waals surface area contributed by atoms with Gasteiger partial charge < -0.3 is 16.0 Å². The van der Waals surface area contributed by atoms with Crippen LogP contribution in [0, 0.1) is 9.49 Å². The van der Waals surface area contributed by atoms with E-state index in [1.54, 1.807) is 0 Å². The minimum Gasteiger partial charge on any atom is -0.399 e. The molecule has 1 aliphatic heterocycles. The molecule has 0 radical (unpaired) electrons. The van der Waals surface area contributed by atoms with Crippen LogP contribution in [-0.4, -0.2) is 19.0 Å². The molecule has 1 saturated heterocycles. The van der Waals surface area contributed by atoms with Crippen LogP contribution >= 0.6 is 22.6 Å². The van der Waals surface area contributed by atoms with Crippen molar-refractivity contribution in [1.82, 2.24) is 0 Å². The van der Waals surface area contributed by atoms with Crippen molar-refractivity contribution in [2.24, 2.45) is 5.92 Å². The number of carbonyl (C=O) groups excluding carboxylic acids is 1. The minimum absolute atomic E-state index is 0.106. The molecule has 0 aromatic heterocycles. The third-order valence-corrected chi connectivity index (χ3v) is 5.15. The van der Waals surface area contributed by atoms with Gasteiger partial charge >= 0.3 is 0 Å². The monoisotopic (exact) mass is 435 g/mol. The number of anilines is 3. The number of nitrogens with two attached hydrogens (primary N) is 1. The Balaban J connectivity index is 1.84. The van der Waals surface area contributed by atoms with E-state index in [-0.39, 0.29) is 5.91 Å². The number of nitrogen functional groups attached to an aromatic ring is 1. The van der Waals surface area contributed by atoms with Crippen molar-refractivity contribution in [1.29, 1.82) is 0 Å². The maximum Gasteiger partial charge on any atom is 0.255 e. The predicted molar refractivity (Wildman–Crippen MR) is 109 cm³/mol. The lowest BCUT2D eigenvalue weighted by Gasteiger charge is -2.33. The molecule has 24 heavy (non-hydrogen) atoms. The molecule has 0 spiro atoms. The normalized spacial score (nSPS) is 15.3. The average Bonchev–Trinajstić information content (AvgIpc) is 2.56. The average molecular weight is 435 g/mol. The highest BCUT2D eigenvalue weighted by Gasteiger charge is 2.19. The highest BCUT2D eigenvalue weighted by Crippen LogP contribution is 2.32. The molecule has 2 aromatic rings. The van der Waals surface area contributed by atoms with Crippen LogP contribution in [0.15, 0.2) is 42.5 Å². The Morgan fingerprint density at radius 1 is 1.21 bits per heavy atom.